The van der Waals surface area contributed by atoms with E-state index < -0.39 is 0 Å². The van der Waals surface area contributed by atoms with Crippen LogP contribution in [0.3, 0.4) is 0 Å². The molecule has 0 saturated carbocycles. The molecule has 1 amide bonds. The SMILES string of the molecule is CNC1CCN(C(=O)C(C)CSC)CC1. The second kappa shape index (κ2) is 6.38. The molecule has 0 aliphatic carbocycles. The highest BCUT2D eigenvalue weighted by Gasteiger charge is 2.24. The molecular weight excluding hydrogens is 208 g/mol. The molecule has 15 heavy (non-hydrogen) atoms. The van der Waals surface area contributed by atoms with Crippen LogP contribution in [0.4, 0.5) is 0 Å². The molecule has 0 aromatic heterocycles. The summed E-state index contributed by atoms with van der Waals surface area (Å²) in [5, 5.41) is 3.28. The maximum Gasteiger partial charge on any atom is 0.226 e. The molecule has 1 heterocycles. The van der Waals surface area contributed by atoms with Gasteiger partial charge in [0.1, 0.15) is 0 Å². The van der Waals surface area contributed by atoms with Crippen LogP contribution in [0.25, 0.3) is 0 Å². The van der Waals surface area contributed by atoms with Crippen molar-refractivity contribution >= 4 is 17.7 Å². The molecule has 3 nitrogen and oxygen atoms in total. The molecule has 0 aromatic rings. The van der Waals surface area contributed by atoms with Gasteiger partial charge in [0.15, 0.2) is 0 Å². The summed E-state index contributed by atoms with van der Waals surface area (Å²) in [6.45, 7) is 3.87. The number of amides is 1. The monoisotopic (exact) mass is 230 g/mol. The molecule has 0 aromatic carbocycles. The second-order valence-corrected chi connectivity index (χ2v) is 5.16. The summed E-state index contributed by atoms with van der Waals surface area (Å²) in [5.74, 6) is 1.44. The number of piperidine rings is 1. The third-order valence-corrected chi connectivity index (χ3v) is 3.89. The van der Waals surface area contributed by atoms with E-state index in [9.17, 15) is 4.79 Å². The number of likely N-dealkylation sites (tertiary alicyclic amines) is 1. The summed E-state index contributed by atoms with van der Waals surface area (Å²) < 4.78 is 0. The van der Waals surface area contributed by atoms with Gasteiger partial charge in [-0.15, -0.1) is 0 Å². The minimum Gasteiger partial charge on any atom is -0.342 e. The van der Waals surface area contributed by atoms with Crippen LogP contribution in [-0.2, 0) is 4.79 Å². The highest BCUT2D eigenvalue weighted by molar-refractivity contribution is 7.98. The molecule has 1 N–H and O–H groups in total. The summed E-state index contributed by atoms with van der Waals surface area (Å²) in [4.78, 5) is 14.0. The first kappa shape index (κ1) is 12.8. The second-order valence-electron chi connectivity index (χ2n) is 4.24. The molecule has 88 valence electrons. The maximum absolute atomic E-state index is 12.0. The number of rotatable bonds is 4. The van der Waals surface area contributed by atoms with Crippen LogP contribution in [0.15, 0.2) is 0 Å². The zero-order valence-corrected chi connectivity index (χ0v) is 10.8. The Morgan fingerprint density at radius 3 is 2.60 bits per heavy atom. The molecule has 1 saturated heterocycles. The maximum atomic E-state index is 12.0. The van der Waals surface area contributed by atoms with E-state index in [2.05, 4.69) is 11.6 Å². The van der Waals surface area contributed by atoms with Crippen molar-refractivity contribution in [2.24, 2.45) is 5.92 Å². The van der Waals surface area contributed by atoms with E-state index in [1.165, 1.54) is 0 Å². The van der Waals surface area contributed by atoms with Gasteiger partial charge in [-0.05, 0) is 26.1 Å². The van der Waals surface area contributed by atoms with Crippen molar-refractivity contribution in [2.75, 3.05) is 32.1 Å². The number of carbonyl (C=O) groups is 1. The molecule has 0 spiro atoms. The topological polar surface area (TPSA) is 32.3 Å². The van der Waals surface area contributed by atoms with Crippen LogP contribution >= 0.6 is 11.8 Å². The van der Waals surface area contributed by atoms with Gasteiger partial charge in [0.25, 0.3) is 0 Å². The first-order chi connectivity index (χ1) is 7.19. The standard InChI is InChI=1S/C11H22N2OS/c1-9(8-15-3)11(14)13-6-4-10(12-2)5-7-13/h9-10,12H,4-8H2,1-3H3. The van der Waals surface area contributed by atoms with Gasteiger partial charge >= 0.3 is 0 Å². The van der Waals surface area contributed by atoms with E-state index in [-0.39, 0.29) is 5.92 Å². The van der Waals surface area contributed by atoms with Gasteiger partial charge in [0.05, 0.1) is 0 Å². The van der Waals surface area contributed by atoms with Crippen LogP contribution in [-0.4, -0.2) is 49.0 Å². The van der Waals surface area contributed by atoms with Crippen LogP contribution in [0, 0.1) is 5.92 Å². The van der Waals surface area contributed by atoms with E-state index in [1.54, 1.807) is 11.8 Å². The largest absolute Gasteiger partial charge is 0.342 e. The van der Waals surface area contributed by atoms with Crippen LogP contribution in [0.2, 0.25) is 0 Å². The third kappa shape index (κ3) is 3.68. The molecular formula is C11H22N2OS. The number of thioether (sulfide) groups is 1. The predicted molar refractivity (Wildman–Crippen MR) is 66.2 cm³/mol. The number of hydrogen-bond donors (Lipinski definition) is 1. The fraction of sp³-hybridized carbons (Fsp3) is 0.909. The molecule has 1 unspecified atom stereocenters. The lowest BCUT2D eigenvalue weighted by atomic mass is 10.0. The first-order valence-corrected chi connectivity index (χ1v) is 7.03. The van der Waals surface area contributed by atoms with E-state index in [0.717, 1.165) is 31.7 Å². The summed E-state index contributed by atoms with van der Waals surface area (Å²) in [6, 6.07) is 0.602. The predicted octanol–water partition coefficient (Wildman–Crippen LogP) is 1.20. The highest BCUT2D eigenvalue weighted by Crippen LogP contribution is 2.15. The fourth-order valence-corrected chi connectivity index (χ4v) is 2.66. The van der Waals surface area contributed by atoms with Gasteiger partial charge in [-0.25, -0.2) is 0 Å². The number of hydrogen-bond acceptors (Lipinski definition) is 3. The number of nitrogens with one attached hydrogen (secondary N) is 1. The minimum absolute atomic E-state index is 0.172. The van der Waals surface area contributed by atoms with Gasteiger partial charge in [-0.3, -0.25) is 4.79 Å². The summed E-state index contributed by atoms with van der Waals surface area (Å²) >= 11 is 1.75. The molecule has 4 heteroatoms. The molecule has 1 aliphatic rings. The Bertz CT molecular complexity index is 203. The van der Waals surface area contributed by atoms with Gasteiger partial charge in [-0.2, -0.15) is 11.8 Å². The highest BCUT2D eigenvalue weighted by atomic mass is 32.2. The Balaban J connectivity index is 2.35. The summed E-state index contributed by atoms with van der Waals surface area (Å²) in [5.41, 5.74) is 0. The van der Waals surface area contributed by atoms with E-state index in [1.807, 2.05) is 18.9 Å². The average molecular weight is 230 g/mol. The normalized spacial score (nSPS) is 20.3. The molecule has 1 rings (SSSR count). The third-order valence-electron chi connectivity index (χ3n) is 3.05. The van der Waals surface area contributed by atoms with Gasteiger partial charge in [0.2, 0.25) is 5.91 Å². The zero-order chi connectivity index (χ0) is 11.3. The average Bonchev–Trinajstić information content (AvgIpc) is 2.28. The molecule has 0 radical (unpaired) electrons. The van der Waals surface area contributed by atoms with Crippen molar-refractivity contribution in [2.45, 2.75) is 25.8 Å². The van der Waals surface area contributed by atoms with Gasteiger partial charge in [0, 0.05) is 30.8 Å². The van der Waals surface area contributed by atoms with E-state index >= 15 is 0 Å². The first-order valence-electron chi connectivity index (χ1n) is 5.64. The molecule has 1 fully saturated rings. The number of nitrogens with zero attached hydrogens (tertiary/aromatic N) is 1. The smallest absolute Gasteiger partial charge is 0.226 e. The molecule has 1 aliphatic heterocycles. The van der Waals surface area contributed by atoms with Crippen molar-refractivity contribution in [3.8, 4) is 0 Å². The van der Waals surface area contributed by atoms with Crippen molar-refractivity contribution in [3.05, 3.63) is 0 Å². The van der Waals surface area contributed by atoms with Crippen molar-refractivity contribution in [1.29, 1.82) is 0 Å². The zero-order valence-electron chi connectivity index (χ0n) is 9.95. The van der Waals surface area contributed by atoms with Gasteiger partial charge < -0.3 is 10.2 Å². The lowest BCUT2D eigenvalue weighted by Crippen LogP contribution is -2.46. The molecule has 1 atom stereocenters. The quantitative estimate of drug-likeness (QED) is 0.787. The Kier molecular flexibility index (Phi) is 5.47. The number of carbonyl (C=O) groups excluding carboxylic acids is 1. The summed E-state index contributed by atoms with van der Waals surface area (Å²) in [6.07, 6.45) is 4.24. The lowest BCUT2D eigenvalue weighted by Gasteiger charge is -2.33. The van der Waals surface area contributed by atoms with E-state index in [4.69, 9.17) is 0 Å². The van der Waals surface area contributed by atoms with Crippen LogP contribution < -0.4 is 5.32 Å². The van der Waals surface area contributed by atoms with Crippen LogP contribution in [0.5, 0.6) is 0 Å². The van der Waals surface area contributed by atoms with Crippen molar-refractivity contribution < 1.29 is 4.79 Å². The van der Waals surface area contributed by atoms with Crippen LogP contribution in [0.1, 0.15) is 19.8 Å². The van der Waals surface area contributed by atoms with Crippen molar-refractivity contribution in [3.63, 3.8) is 0 Å². The lowest BCUT2D eigenvalue weighted by molar-refractivity contribution is -0.135. The van der Waals surface area contributed by atoms with Crippen molar-refractivity contribution in [1.82, 2.24) is 10.2 Å². The summed E-state index contributed by atoms with van der Waals surface area (Å²) in [7, 11) is 2.00. The minimum atomic E-state index is 0.172. The molecule has 0 bridgehead atoms. The van der Waals surface area contributed by atoms with Gasteiger partial charge in [-0.1, -0.05) is 6.92 Å². The fourth-order valence-electron chi connectivity index (χ4n) is 2.02. The Labute approximate surface area is 97.0 Å². The Morgan fingerprint density at radius 1 is 1.53 bits per heavy atom. The Morgan fingerprint density at radius 2 is 2.13 bits per heavy atom. The van der Waals surface area contributed by atoms with E-state index in [0.29, 0.717) is 11.9 Å². The Hall–Kier alpha value is -0.220.